The molecule has 0 aliphatic heterocycles. The number of benzene rings is 1. The van der Waals surface area contributed by atoms with Crippen molar-refractivity contribution in [3.8, 4) is 11.6 Å². The smallest absolute Gasteiger partial charge is 0.322 e. The van der Waals surface area contributed by atoms with Gasteiger partial charge in [-0.1, -0.05) is 12.1 Å². The average Bonchev–Trinajstić information content (AvgIpc) is 3.22. The van der Waals surface area contributed by atoms with Gasteiger partial charge in [-0.2, -0.15) is 5.10 Å². The van der Waals surface area contributed by atoms with Crippen LogP contribution in [0.15, 0.2) is 55.2 Å². The van der Waals surface area contributed by atoms with Crippen molar-refractivity contribution < 1.29 is 9.53 Å². The maximum atomic E-state index is 12.6. The Morgan fingerprint density at radius 1 is 1.27 bits per heavy atom. The second kappa shape index (κ2) is 7.64. The normalized spacial score (nSPS) is 11.7. The summed E-state index contributed by atoms with van der Waals surface area (Å²) >= 11 is 0. The molecule has 8 nitrogen and oxygen atoms in total. The summed E-state index contributed by atoms with van der Waals surface area (Å²) in [4.78, 5) is 22.2. The number of ether oxygens (including phenoxy) is 1. The monoisotopic (exact) mass is 352 g/mol. The van der Waals surface area contributed by atoms with Gasteiger partial charge in [-0.25, -0.2) is 19.4 Å². The van der Waals surface area contributed by atoms with Crippen molar-refractivity contribution in [1.82, 2.24) is 24.6 Å². The third-order valence-electron chi connectivity index (χ3n) is 4.17. The highest BCUT2D eigenvalue weighted by atomic mass is 16.5. The topological polar surface area (TPSA) is 85.2 Å². The number of carbonyl (C=O) groups excluding carboxylic acids is 1. The van der Waals surface area contributed by atoms with E-state index in [9.17, 15) is 4.79 Å². The first kappa shape index (κ1) is 17.4. The van der Waals surface area contributed by atoms with Gasteiger partial charge < -0.3 is 15.0 Å². The second-order valence-corrected chi connectivity index (χ2v) is 5.71. The number of pyridine rings is 1. The Bertz CT molecular complexity index is 864. The van der Waals surface area contributed by atoms with Crippen LogP contribution in [0, 0.1) is 0 Å². The fourth-order valence-electron chi connectivity index (χ4n) is 2.50. The maximum Gasteiger partial charge on any atom is 0.322 e. The Kier molecular flexibility index (Phi) is 5.12. The zero-order valence-electron chi connectivity index (χ0n) is 14.8. The predicted octanol–water partition coefficient (Wildman–Crippen LogP) is 2.90. The molecule has 1 atom stereocenters. The Labute approximate surface area is 151 Å². The fourth-order valence-corrected chi connectivity index (χ4v) is 2.50. The van der Waals surface area contributed by atoms with Crippen LogP contribution in [-0.4, -0.2) is 44.8 Å². The van der Waals surface area contributed by atoms with Crippen LogP contribution in [-0.2, 0) is 0 Å². The molecule has 0 spiro atoms. The molecule has 1 unspecified atom stereocenters. The highest BCUT2D eigenvalue weighted by Crippen LogP contribution is 2.24. The number of methoxy groups -OCH3 is 1. The van der Waals surface area contributed by atoms with E-state index in [1.54, 1.807) is 41.3 Å². The number of urea groups is 1. The van der Waals surface area contributed by atoms with E-state index >= 15 is 0 Å². The van der Waals surface area contributed by atoms with Gasteiger partial charge in [0.25, 0.3) is 0 Å². The molecule has 2 heterocycles. The minimum Gasteiger partial charge on any atom is -0.480 e. The van der Waals surface area contributed by atoms with Gasteiger partial charge in [0.05, 0.1) is 18.8 Å². The van der Waals surface area contributed by atoms with Crippen LogP contribution in [0.3, 0.4) is 0 Å². The third-order valence-corrected chi connectivity index (χ3v) is 4.17. The van der Waals surface area contributed by atoms with Crippen LogP contribution >= 0.6 is 0 Å². The van der Waals surface area contributed by atoms with Crippen LogP contribution in [0.1, 0.15) is 18.5 Å². The molecule has 0 bridgehead atoms. The van der Waals surface area contributed by atoms with E-state index in [2.05, 4.69) is 20.4 Å². The van der Waals surface area contributed by atoms with Gasteiger partial charge in [-0.3, -0.25) is 0 Å². The molecule has 0 saturated carbocycles. The zero-order chi connectivity index (χ0) is 18.5. The van der Waals surface area contributed by atoms with Crippen molar-refractivity contribution in [1.29, 1.82) is 0 Å². The molecule has 1 aromatic carbocycles. The summed E-state index contributed by atoms with van der Waals surface area (Å²) in [6, 6.07) is 10.9. The molecule has 1 N–H and O–H groups in total. The number of aromatic nitrogens is 4. The minimum absolute atomic E-state index is 0.123. The van der Waals surface area contributed by atoms with Gasteiger partial charge in [0.2, 0.25) is 5.88 Å². The number of rotatable bonds is 5. The second-order valence-electron chi connectivity index (χ2n) is 5.71. The summed E-state index contributed by atoms with van der Waals surface area (Å²) in [5, 5.41) is 6.92. The molecule has 2 aromatic heterocycles. The van der Waals surface area contributed by atoms with Crippen LogP contribution in [0.25, 0.3) is 5.69 Å². The maximum absolute atomic E-state index is 12.6. The van der Waals surface area contributed by atoms with Crippen molar-refractivity contribution in [3.05, 3.63) is 60.8 Å². The highest BCUT2D eigenvalue weighted by molar-refractivity contribution is 5.90. The van der Waals surface area contributed by atoms with E-state index in [4.69, 9.17) is 4.74 Å². The lowest BCUT2D eigenvalue weighted by atomic mass is 10.1. The number of hydrogen-bond donors (Lipinski definition) is 1. The number of hydrogen-bond acceptors (Lipinski definition) is 5. The molecule has 8 heteroatoms. The van der Waals surface area contributed by atoms with E-state index in [0.29, 0.717) is 11.6 Å². The van der Waals surface area contributed by atoms with Crippen molar-refractivity contribution >= 4 is 11.7 Å². The van der Waals surface area contributed by atoms with E-state index in [0.717, 1.165) is 11.3 Å². The van der Waals surface area contributed by atoms with Crippen LogP contribution < -0.4 is 10.1 Å². The lowest BCUT2D eigenvalue weighted by molar-refractivity contribution is 0.208. The van der Waals surface area contributed by atoms with Crippen molar-refractivity contribution in [2.45, 2.75) is 13.0 Å². The standard InChI is InChI=1S/C18H20N6O2/c1-13(14-6-8-15(9-7-14)24-12-19-11-21-24)23(2)18(25)22-16-5-4-10-20-17(16)26-3/h4-13H,1-3H3,(H,22,25). The molecule has 0 radical (unpaired) electrons. The molecule has 2 amide bonds. The fraction of sp³-hybridized carbons (Fsp3) is 0.222. The molecule has 0 aliphatic carbocycles. The lowest BCUT2D eigenvalue weighted by Gasteiger charge is -2.26. The quantitative estimate of drug-likeness (QED) is 0.763. The molecular weight excluding hydrogens is 332 g/mol. The summed E-state index contributed by atoms with van der Waals surface area (Å²) in [6.45, 7) is 1.96. The van der Waals surface area contributed by atoms with Gasteiger partial charge in [-0.05, 0) is 36.8 Å². The summed E-state index contributed by atoms with van der Waals surface area (Å²) in [5.41, 5.74) is 2.44. The van der Waals surface area contributed by atoms with Crippen LogP contribution in [0.5, 0.6) is 5.88 Å². The number of nitrogens with one attached hydrogen (secondary N) is 1. The Morgan fingerprint density at radius 2 is 2.04 bits per heavy atom. The van der Waals surface area contributed by atoms with Crippen molar-refractivity contribution in [3.63, 3.8) is 0 Å². The molecule has 0 fully saturated rings. The lowest BCUT2D eigenvalue weighted by Crippen LogP contribution is -2.33. The van der Waals surface area contributed by atoms with E-state index in [-0.39, 0.29) is 12.1 Å². The Hall–Kier alpha value is -3.42. The average molecular weight is 352 g/mol. The molecule has 134 valence electrons. The first-order chi connectivity index (χ1) is 12.6. The third kappa shape index (κ3) is 3.64. The summed E-state index contributed by atoms with van der Waals surface area (Å²) in [7, 11) is 3.26. The number of anilines is 1. The summed E-state index contributed by atoms with van der Waals surface area (Å²) < 4.78 is 6.84. The number of carbonyl (C=O) groups is 1. The van der Waals surface area contributed by atoms with E-state index in [1.165, 1.54) is 13.4 Å². The molecule has 0 aliphatic rings. The van der Waals surface area contributed by atoms with E-state index in [1.807, 2.05) is 31.2 Å². The van der Waals surface area contributed by atoms with E-state index < -0.39 is 0 Å². The summed E-state index contributed by atoms with van der Waals surface area (Å²) in [6.07, 6.45) is 4.73. The first-order valence-electron chi connectivity index (χ1n) is 8.08. The van der Waals surface area contributed by atoms with Gasteiger partial charge in [0, 0.05) is 13.2 Å². The van der Waals surface area contributed by atoms with Gasteiger partial charge in [0.15, 0.2) is 0 Å². The zero-order valence-corrected chi connectivity index (χ0v) is 14.8. The van der Waals surface area contributed by atoms with Gasteiger partial charge in [0.1, 0.15) is 18.3 Å². The minimum atomic E-state index is -0.246. The SMILES string of the molecule is COc1ncccc1NC(=O)N(C)C(C)c1ccc(-n2cncn2)cc1. The summed E-state index contributed by atoms with van der Waals surface area (Å²) in [5.74, 6) is 0.374. The molecule has 3 aromatic rings. The van der Waals surface area contributed by atoms with Crippen molar-refractivity contribution in [2.75, 3.05) is 19.5 Å². The molecule has 3 rings (SSSR count). The number of nitrogens with zero attached hydrogens (tertiary/aromatic N) is 5. The molecule has 0 saturated heterocycles. The number of amides is 2. The van der Waals surface area contributed by atoms with Gasteiger partial charge >= 0.3 is 6.03 Å². The molecule has 26 heavy (non-hydrogen) atoms. The van der Waals surface area contributed by atoms with Crippen molar-refractivity contribution in [2.24, 2.45) is 0 Å². The first-order valence-corrected chi connectivity index (χ1v) is 8.08. The highest BCUT2D eigenvalue weighted by Gasteiger charge is 2.19. The van der Waals surface area contributed by atoms with Crippen LogP contribution in [0.2, 0.25) is 0 Å². The predicted molar refractivity (Wildman–Crippen MR) is 97.3 cm³/mol. The Balaban J connectivity index is 1.70. The Morgan fingerprint density at radius 3 is 2.69 bits per heavy atom. The van der Waals surface area contributed by atoms with Crippen LogP contribution in [0.4, 0.5) is 10.5 Å². The van der Waals surface area contributed by atoms with Gasteiger partial charge in [-0.15, -0.1) is 0 Å². The largest absolute Gasteiger partial charge is 0.480 e. The molecular formula is C18H20N6O2.